The average Bonchev–Trinajstić information content (AvgIpc) is 1.66. The second-order valence-electron chi connectivity index (χ2n) is 2.41. The van der Waals surface area contributed by atoms with Gasteiger partial charge in [-0.05, 0) is 12.8 Å². The topological polar surface area (TPSA) is 0 Å². The smallest absolute Gasteiger partial charge is 0.0325 e. The van der Waals surface area contributed by atoms with Gasteiger partial charge < -0.3 is 0 Å². The van der Waals surface area contributed by atoms with Crippen molar-refractivity contribution in [1.29, 1.82) is 0 Å². The third-order valence-electron chi connectivity index (χ3n) is 1.21. The van der Waals surface area contributed by atoms with E-state index in [-0.39, 0.29) is 0 Å². The van der Waals surface area contributed by atoms with Gasteiger partial charge in [0.25, 0.3) is 0 Å². The molecular weight excluding hydrogens is 112 g/mol. The Bertz CT molecular complexity index is 66.8. The molecule has 0 unspecified atom stereocenters. The standard InChI is InChI=1S/C7H16Si/c1-3-4-5-6-7(2)8/h2-6H2,1,8H3. The summed E-state index contributed by atoms with van der Waals surface area (Å²) >= 11 is 0. The van der Waals surface area contributed by atoms with Crippen LogP contribution < -0.4 is 0 Å². The summed E-state index contributed by atoms with van der Waals surface area (Å²) in [4.78, 5) is 0. The van der Waals surface area contributed by atoms with Crippen LogP contribution in [-0.2, 0) is 0 Å². The van der Waals surface area contributed by atoms with Crippen molar-refractivity contribution < 1.29 is 0 Å². The van der Waals surface area contributed by atoms with Crippen LogP contribution >= 0.6 is 0 Å². The van der Waals surface area contributed by atoms with Crippen molar-refractivity contribution in [3.63, 3.8) is 0 Å². The first-order valence-corrected chi connectivity index (χ1v) is 4.41. The Balaban J connectivity index is 2.82. The lowest BCUT2D eigenvalue weighted by molar-refractivity contribution is 0.725. The fourth-order valence-corrected chi connectivity index (χ4v) is 1.03. The Morgan fingerprint density at radius 1 is 1.50 bits per heavy atom. The first-order chi connectivity index (χ1) is 3.77. The van der Waals surface area contributed by atoms with E-state index >= 15 is 0 Å². The van der Waals surface area contributed by atoms with Gasteiger partial charge in [0.05, 0.1) is 0 Å². The third kappa shape index (κ3) is 5.96. The average molecular weight is 128 g/mol. The SMILES string of the molecule is C=C([SiH3])CCCCC. The van der Waals surface area contributed by atoms with Crippen LogP contribution in [0, 0.1) is 0 Å². The van der Waals surface area contributed by atoms with E-state index in [4.69, 9.17) is 0 Å². The first kappa shape index (κ1) is 7.96. The van der Waals surface area contributed by atoms with Crippen LogP contribution in [0.5, 0.6) is 0 Å². The minimum Gasteiger partial charge on any atom is -0.105 e. The van der Waals surface area contributed by atoms with Gasteiger partial charge in [-0.2, -0.15) is 0 Å². The fourth-order valence-electron chi connectivity index (χ4n) is 0.677. The minimum atomic E-state index is 1.19. The molecule has 0 saturated heterocycles. The summed E-state index contributed by atoms with van der Waals surface area (Å²) in [5, 5.41) is 1.46. The Kier molecular flexibility index (Phi) is 5.07. The van der Waals surface area contributed by atoms with Gasteiger partial charge in [0, 0.05) is 10.2 Å². The van der Waals surface area contributed by atoms with E-state index in [1.54, 1.807) is 0 Å². The van der Waals surface area contributed by atoms with Crippen molar-refractivity contribution in [2.45, 2.75) is 32.6 Å². The molecule has 0 nitrogen and oxygen atoms in total. The summed E-state index contributed by atoms with van der Waals surface area (Å²) < 4.78 is 0. The second kappa shape index (κ2) is 5.10. The van der Waals surface area contributed by atoms with E-state index in [1.165, 1.54) is 41.1 Å². The van der Waals surface area contributed by atoms with Crippen LogP contribution in [0.1, 0.15) is 32.6 Å². The highest BCUT2D eigenvalue weighted by Crippen LogP contribution is 2.02. The van der Waals surface area contributed by atoms with Crippen LogP contribution in [0.15, 0.2) is 11.8 Å². The lowest BCUT2D eigenvalue weighted by atomic mass is 10.2. The van der Waals surface area contributed by atoms with Crippen LogP contribution in [0.25, 0.3) is 0 Å². The molecule has 0 aliphatic carbocycles. The van der Waals surface area contributed by atoms with Gasteiger partial charge in [-0.15, -0.1) is 6.58 Å². The Hall–Kier alpha value is -0.0431. The van der Waals surface area contributed by atoms with E-state index < -0.39 is 0 Å². The predicted octanol–water partition coefficient (Wildman–Crippen LogP) is 1.45. The maximum Gasteiger partial charge on any atom is 0.0325 e. The number of allylic oxidation sites excluding steroid dienone is 1. The molecule has 0 aromatic rings. The Morgan fingerprint density at radius 2 is 2.12 bits per heavy atom. The van der Waals surface area contributed by atoms with Gasteiger partial charge in [-0.25, -0.2) is 0 Å². The second-order valence-corrected chi connectivity index (χ2v) is 3.83. The molecule has 0 aromatic heterocycles. The third-order valence-corrected chi connectivity index (χ3v) is 1.71. The molecule has 0 spiro atoms. The number of rotatable bonds is 4. The lowest BCUT2D eigenvalue weighted by Crippen LogP contribution is -1.78. The summed E-state index contributed by atoms with van der Waals surface area (Å²) in [5.41, 5.74) is 0. The molecule has 0 aliphatic rings. The molecule has 0 amide bonds. The molecule has 0 N–H and O–H groups in total. The molecule has 0 rings (SSSR count). The number of hydrogen-bond acceptors (Lipinski definition) is 0. The van der Waals surface area contributed by atoms with Crippen molar-refractivity contribution in [2.24, 2.45) is 0 Å². The molecule has 48 valence electrons. The van der Waals surface area contributed by atoms with Crippen molar-refractivity contribution in [1.82, 2.24) is 0 Å². The zero-order valence-corrected chi connectivity index (χ0v) is 8.04. The quantitative estimate of drug-likeness (QED) is 0.397. The highest BCUT2D eigenvalue weighted by atomic mass is 28.1. The lowest BCUT2D eigenvalue weighted by Gasteiger charge is -1.94. The van der Waals surface area contributed by atoms with Gasteiger partial charge in [-0.1, -0.05) is 25.0 Å². The van der Waals surface area contributed by atoms with E-state index in [1.807, 2.05) is 0 Å². The molecular formula is C7H16Si. The normalized spacial score (nSPS) is 9.62. The highest BCUT2D eigenvalue weighted by Gasteiger charge is 1.84. The van der Waals surface area contributed by atoms with Crippen LogP contribution in [-0.4, -0.2) is 10.2 Å². The molecule has 0 aliphatic heterocycles. The van der Waals surface area contributed by atoms with Crippen LogP contribution in [0.4, 0.5) is 0 Å². The minimum absolute atomic E-state index is 1.19. The van der Waals surface area contributed by atoms with Gasteiger partial charge >= 0.3 is 0 Å². The Morgan fingerprint density at radius 3 is 2.50 bits per heavy atom. The van der Waals surface area contributed by atoms with Crippen molar-refractivity contribution in [2.75, 3.05) is 0 Å². The van der Waals surface area contributed by atoms with Crippen LogP contribution in [0.3, 0.4) is 0 Å². The molecule has 0 radical (unpaired) electrons. The van der Waals surface area contributed by atoms with Crippen molar-refractivity contribution >= 4 is 10.2 Å². The van der Waals surface area contributed by atoms with Gasteiger partial charge in [-0.3, -0.25) is 0 Å². The molecule has 0 heterocycles. The molecule has 0 saturated carbocycles. The monoisotopic (exact) mass is 128 g/mol. The van der Waals surface area contributed by atoms with Gasteiger partial charge in [0.15, 0.2) is 0 Å². The molecule has 8 heavy (non-hydrogen) atoms. The molecule has 0 bridgehead atoms. The van der Waals surface area contributed by atoms with E-state index in [9.17, 15) is 0 Å². The maximum atomic E-state index is 3.89. The van der Waals surface area contributed by atoms with Crippen molar-refractivity contribution in [3.05, 3.63) is 11.8 Å². The number of unbranched alkanes of at least 4 members (excludes halogenated alkanes) is 2. The van der Waals surface area contributed by atoms with Gasteiger partial charge in [0.1, 0.15) is 0 Å². The predicted molar refractivity (Wildman–Crippen MR) is 43.2 cm³/mol. The van der Waals surface area contributed by atoms with Crippen molar-refractivity contribution in [3.8, 4) is 0 Å². The molecule has 1 heteroatoms. The zero-order chi connectivity index (χ0) is 6.41. The fraction of sp³-hybridized carbons (Fsp3) is 0.714. The summed E-state index contributed by atoms with van der Waals surface area (Å²) in [6.07, 6.45) is 5.34. The van der Waals surface area contributed by atoms with E-state index in [0.717, 1.165) is 0 Å². The van der Waals surface area contributed by atoms with Gasteiger partial charge in [0.2, 0.25) is 0 Å². The summed E-state index contributed by atoms with van der Waals surface area (Å²) in [6.45, 7) is 6.12. The summed E-state index contributed by atoms with van der Waals surface area (Å²) in [7, 11) is 1.19. The number of hydrogen-bond donors (Lipinski definition) is 0. The first-order valence-electron chi connectivity index (χ1n) is 3.41. The summed E-state index contributed by atoms with van der Waals surface area (Å²) in [5.74, 6) is 0. The maximum absolute atomic E-state index is 3.89. The Labute approximate surface area is 55.4 Å². The highest BCUT2D eigenvalue weighted by molar-refractivity contribution is 6.21. The molecule has 0 fully saturated rings. The molecule has 0 aromatic carbocycles. The molecule has 0 atom stereocenters. The zero-order valence-electron chi connectivity index (χ0n) is 6.04. The van der Waals surface area contributed by atoms with E-state index in [0.29, 0.717) is 0 Å². The summed E-state index contributed by atoms with van der Waals surface area (Å²) in [6, 6.07) is 0. The largest absolute Gasteiger partial charge is 0.105 e. The van der Waals surface area contributed by atoms with E-state index in [2.05, 4.69) is 13.5 Å². The van der Waals surface area contributed by atoms with Crippen LogP contribution in [0.2, 0.25) is 0 Å².